The fourth-order valence-electron chi connectivity index (χ4n) is 3.52. The Morgan fingerprint density at radius 2 is 2.17 bits per heavy atom. The quantitative estimate of drug-likeness (QED) is 0.850. The summed E-state index contributed by atoms with van der Waals surface area (Å²) in [5.74, 6) is -0.322. The van der Waals surface area contributed by atoms with Gasteiger partial charge in [0.15, 0.2) is 5.78 Å². The molecule has 0 aromatic carbocycles. The van der Waals surface area contributed by atoms with Gasteiger partial charge in [0.2, 0.25) is 0 Å². The summed E-state index contributed by atoms with van der Waals surface area (Å²) in [6, 6.07) is 4.05. The van der Waals surface area contributed by atoms with Crippen molar-refractivity contribution >= 4 is 17.4 Å². The molecule has 0 saturated carbocycles. The van der Waals surface area contributed by atoms with E-state index in [0.29, 0.717) is 22.6 Å². The van der Waals surface area contributed by atoms with Crippen LogP contribution in [0.2, 0.25) is 5.02 Å². The predicted molar refractivity (Wildman–Crippen MR) is 88.5 cm³/mol. The standard InChI is InChI=1S/C18H18ClN3O/c1-10-12(8-20)16(11-4-5-21-9-13(11)19)17-14(22-10)6-18(2,3)7-15(17)23/h4-5,9,16,22H,6-7H2,1-3H3. The molecular weight excluding hydrogens is 310 g/mol. The number of Topliss-reactive ketones (excluding diaryl/α,β-unsaturated/α-hetero) is 1. The molecule has 1 atom stereocenters. The lowest BCUT2D eigenvalue weighted by molar-refractivity contribution is -0.118. The van der Waals surface area contributed by atoms with Gasteiger partial charge in [0.05, 0.1) is 22.6 Å². The molecule has 3 rings (SSSR count). The van der Waals surface area contributed by atoms with Gasteiger partial charge in [-0.25, -0.2) is 0 Å². The number of aromatic nitrogens is 1. The third kappa shape index (κ3) is 2.66. The Balaban J connectivity index is 2.22. The highest BCUT2D eigenvalue weighted by Gasteiger charge is 2.41. The number of nitrogens with zero attached hydrogens (tertiary/aromatic N) is 2. The van der Waals surface area contributed by atoms with Crippen LogP contribution in [0.25, 0.3) is 0 Å². The minimum Gasteiger partial charge on any atom is -0.361 e. The highest BCUT2D eigenvalue weighted by atomic mass is 35.5. The maximum absolute atomic E-state index is 12.8. The number of ketones is 1. The van der Waals surface area contributed by atoms with Crippen molar-refractivity contribution in [1.29, 1.82) is 5.26 Å². The molecule has 0 amide bonds. The van der Waals surface area contributed by atoms with Crippen LogP contribution in [0.3, 0.4) is 0 Å². The Bertz CT molecular complexity index is 799. The number of halogens is 1. The number of carbonyl (C=O) groups excluding carboxylic acids is 1. The van der Waals surface area contributed by atoms with Gasteiger partial charge in [-0.05, 0) is 30.4 Å². The molecule has 0 spiro atoms. The summed E-state index contributed by atoms with van der Waals surface area (Å²) in [7, 11) is 0. The monoisotopic (exact) mass is 327 g/mol. The van der Waals surface area contributed by atoms with Crippen molar-refractivity contribution in [1.82, 2.24) is 10.3 Å². The summed E-state index contributed by atoms with van der Waals surface area (Å²) in [6.07, 6.45) is 4.46. The summed E-state index contributed by atoms with van der Waals surface area (Å²) in [5.41, 5.74) is 3.61. The molecule has 0 fully saturated rings. The Kier molecular flexibility index (Phi) is 3.77. The predicted octanol–water partition coefficient (Wildman–Crippen LogP) is 3.86. The van der Waals surface area contributed by atoms with Gasteiger partial charge in [0.25, 0.3) is 0 Å². The van der Waals surface area contributed by atoms with Crippen molar-refractivity contribution in [2.24, 2.45) is 5.41 Å². The average Bonchev–Trinajstić information content (AvgIpc) is 2.45. The fourth-order valence-corrected chi connectivity index (χ4v) is 3.74. The van der Waals surface area contributed by atoms with Crippen molar-refractivity contribution in [3.05, 3.63) is 51.6 Å². The second-order valence-corrected chi connectivity index (χ2v) is 7.35. The van der Waals surface area contributed by atoms with Crippen LogP contribution in [0.4, 0.5) is 0 Å². The Morgan fingerprint density at radius 1 is 1.43 bits per heavy atom. The van der Waals surface area contributed by atoms with E-state index in [0.717, 1.165) is 23.4 Å². The molecule has 0 bridgehead atoms. The van der Waals surface area contributed by atoms with Gasteiger partial charge in [0, 0.05) is 35.8 Å². The number of allylic oxidation sites excluding steroid dienone is 4. The molecule has 4 nitrogen and oxygen atoms in total. The third-order valence-electron chi connectivity index (χ3n) is 4.47. The zero-order valence-corrected chi connectivity index (χ0v) is 14.2. The minimum absolute atomic E-state index is 0.0834. The first-order chi connectivity index (χ1) is 10.8. The van der Waals surface area contributed by atoms with Crippen LogP contribution in [0.5, 0.6) is 0 Å². The van der Waals surface area contributed by atoms with Gasteiger partial charge in [-0.15, -0.1) is 0 Å². The van der Waals surface area contributed by atoms with E-state index in [-0.39, 0.29) is 11.2 Å². The highest BCUT2D eigenvalue weighted by Crippen LogP contribution is 2.47. The van der Waals surface area contributed by atoms with Gasteiger partial charge in [-0.3, -0.25) is 9.78 Å². The molecule has 1 unspecified atom stereocenters. The zero-order valence-electron chi connectivity index (χ0n) is 13.4. The molecule has 2 heterocycles. The molecule has 1 aliphatic heterocycles. The molecule has 1 aliphatic carbocycles. The summed E-state index contributed by atoms with van der Waals surface area (Å²) in [6.45, 7) is 6.05. The normalized spacial score (nSPS) is 23.3. The SMILES string of the molecule is CC1=C(C#N)C(c2ccncc2Cl)C2=C(CC(C)(C)CC2=O)N1. The Morgan fingerprint density at radius 3 is 2.83 bits per heavy atom. The van der Waals surface area contributed by atoms with Gasteiger partial charge >= 0.3 is 0 Å². The largest absolute Gasteiger partial charge is 0.361 e. The Labute approximate surface area is 140 Å². The maximum Gasteiger partial charge on any atom is 0.162 e. The first-order valence-electron chi connectivity index (χ1n) is 7.57. The summed E-state index contributed by atoms with van der Waals surface area (Å²) in [4.78, 5) is 16.8. The molecule has 1 N–H and O–H groups in total. The number of hydrogen-bond donors (Lipinski definition) is 1. The number of nitriles is 1. The zero-order chi connectivity index (χ0) is 16.8. The van der Waals surface area contributed by atoms with E-state index in [4.69, 9.17) is 11.6 Å². The van der Waals surface area contributed by atoms with Gasteiger partial charge < -0.3 is 5.32 Å². The second kappa shape index (κ2) is 5.50. The summed E-state index contributed by atoms with van der Waals surface area (Å²) >= 11 is 6.31. The highest BCUT2D eigenvalue weighted by molar-refractivity contribution is 6.31. The van der Waals surface area contributed by atoms with Crippen LogP contribution >= 0.6 is 11.6 Å². The number of pyridine rings is 1. The maximum atomic E-state index is 12.8. The summed E-state index contributed by atoms with van der Waals surface area (Å²) < 4.78 is 0. The van der Waals surface area contributed by atoms with Crippen molar-refractivity contribution in [3.8, 4) is 6.07 Å². The van der Waals surface area contributed by atoms with Gasteiger partial charge in [0.1, 0.15) is 0 Å². The second-order valence-electron chi connectivity index (χ2n) is 6.94. The molecule has 0 saturated heterocycles. The fraction of sp³-hybridized carbons (Fsp3) is 0.389. The minimum atomic E-state index is -0.407. The molecule has 118 valence electrons. The van der Waals surface area contributed by atoms with E-state index in [9.17, 15) is 10.1 Å². The molecule has 0 radical (unpaired) electrons. The first-order valence-corrected chi connectivity index (χ1v) is 7.95. The number of rotatable bonds is 1. The number of carbonyl (C=O) groups is 1. The number of dihydropyridines is 1. The van der Waals surface area contributed by atoms with Crippen LogP contribution in [0.1, 0.15) is 45.1 Å². The van der Waals surface area contributed by atoms with Crippen LogP contribution in [-0.4, -0.2) is 10.8 Å². The summed E-state index contributed by atoms with van der Waals surface area (Å²) in [5, 5.41) is 13.4. The van der Waals surface area contributed by atoms with E-state index in [1.54, 1.807) is 18.5 Å². The lowest BCUT2D eigenvalue weighted by Gasteiger charge is -2.38. The molecule has 1 aromatic heterocycles. The van der Waals surface area contributed by atoms with E-state index in [1.165, 1.54) is 0 Å². The first kappa shape index (κ1) is 15.8. The third-order valence-corrected chi connectivity index (χ3v) is 4.79. The molecule has 1 aromatic rings. The van der Waals surface area contributed by atoms with Gasteiger partial charge in [-0.2, -0.15) is 5.26 Å². The molecule has 23 heavy (non-hydrogen) atoms. The number of hydrogen-bond acceptors (Lipinski definition) is 4. The number of nitrogens with one attached hydrogen (secondary N) is 1. The smallest absolute Gasteiger partial charge is 0.162 e. The van der Waals surface area contributed by atoms with Crippen molar-refractivity contribution in [3.63, 3.8) is 0 Å². The molecule has 5 heteroatoms. The Hall–Kier alpha value is -2.12. The van der Waals surface area contributed by atoms with Crippen LogP contribution in [-0.2, 0) is 4.79 Å². The van der Waals surface area contributed by atoms with Crippen molar-refractivity contribution < 1.29 is 4.79 Å². The van der Waals surface area contributed by atoms with E-state index in [1.807, 2.05) is 6.92 Å². The van der Waals surface area contributed by atoms with Crippen LogP contribution in [0.15, 0.2) is 41.0 Å². The van der Waals surface area contributed by atoms with Crippen LogP contribution < -0.4 is 5.32 Å². The van der Waals surface area contributed by atoms with Gasteiger partial charge in [-0.1, -0.05) is 25.4 Å². The van der Waals surface area contributed by atoms with Crippen molar-refractivity contribution in [2.45, 2.75) is 39.5 Å². The van der Waals surface area contributed by atoms with E-state index < -0.39 is 5.92 Å². The molecule has 2 aliphatic rings. The van der Waals surface area contributed by atoms with E-state index >= 15 is 0 Å². The van der Waals surface area contributed by atoms with Crippen molar-refractivity contribution in [2.75, 3.05) is 0 Å². The lowest BCUT2D eigenvalue weighted by Crippen LogP contribution is -2.36. The molecular formula is C18H18ClN3O. The van der Waals surface area contributed by atoms with Crippen LogP contribution in [0, 0.1) is 16.7 Å². The van der Waals surface area contributed by atoms with E-state index in [2.05, 4.69) is 30.2 Å². The lowest BCUT2D eigenvalue weighted by atomic mass is 9.69. The average molecular weight is 328 g/mol. The topological polar surface area (TPSA) is 65.8 Å².